The van der Waals surface area contributed by atoms with Crippen LogP contribution in [0.4, 0.5) is 0 Å². The number of nitrogens with two attached hydrogens (primary N) is 1. The summed E-state index contributed by atoms with van der Waals surface area (Å²) >= 11 is 0. The Hall–Kier alpha value is -2.07. The average Bonchev–Trinajstić information content (AvgIpc) is 2.86. The first-order valence-electron chi connectivity index (χ1n) is 6.37. The minimum atomic E-state index is -0.00590. The van der Waals surface area contributed by atoms with E-state index in [1.807, 2.05) is 60.3 Å². The van der Waals surface area contributed by atoms with Crippen molar-refractivity contribution in [3.8, 4) is 0 Å². The quantitative estimate of drug-likeness (QED) is 0.858. The van der Waals surface area contributed by atoms with Crippen LogP contribution in [-0.2, 0) is 17.9 Å². The first kappa shape index (κ1) is 13.4. The molecule has 1 atom stereocenters. The maximum Gasteiger partial charge on any atom is 0.240 e. The zero-order chi connectivity index (χ0) is 13.7. The lowest BCUT2D eigenvalue weighted by Gasteiger charge is -2.06. The van der Waals surface area contributed by atoms with Crippen molar-refractivity contribution in [3.05, 3.63) is 59.9 Å². The molecular formula is C15H19N3O. The number of amides is 1. The van der Waals surface area contributed by atoms with Gasteiger partial charge in [0.15, 0.2) is 0 Å². The third-order valence-electron chi connectivity index (χ3n) is 2.96. The van der Waals surface area contributed by atoms with Gasteiger partial charge in [0.2, 0.25) is 5.91 Å². The molecule has 0 aliphatic heterocycles. The largest absolute Gasteiger partial charge is 0.350 e. The molecule has 1 aromatic carbocycles. The van der Waals surface area contributed by atoms with Gasteiger partial charge < -0.3 is 15.6 Å². The summed E-state index contributed by atoms with van der Waals surface area (Å²) in [7, 11) is 0. The van der Waals surface area contributed by atoms with Crippen molar-refractivity contribution in [2.24, 2.45) is 5.73 Å². The van der Waals surface area contributed by atoms with Gasteiger partial charge in [0, 0.05) is 25.0 Å². The summed E-state index contributed by atoms with van der Waals surface area (Å²) in [5, 5.41) is 2.89. The predicted molar refractivity (Wildman–Crippen MR) is 75.3 cm³/mol. The van der Waals surface area contributed by atoms with Crippen molar-refractivity contribution >= 4 is 5.91 Å². The Labute approximate surface area is 113 Å². The van der Waals surface area contributed by atoms with Crippen molar-refractivity contribution in [1.82, 2.24) is 9.88 Å². The first-order valence-corrected chi connectivity index (χ1v) is 6.37. The van der Waals surface area contributed by atoms with Gasteiger partial charge in [-0.25, -0.2) is 0 Å². The highest BCUT2D eigenvalue weighted by atomic mass is 16.1. The van der Waals surface area contributed by atoms with Gasteiger partial charge >= 0.3 is 0 Å². The summed E-state index contributed by atoms with van der Waals surface area (Å²) in [5.41, 5.74) is 7.91. The molecule has 0 aliphatic rings. The number of nitrogens with one attached hydrogen (secondary N) is 1. The molecule has 4 heteroatoms. The molecule has 1 amide bonds. The van der Waals surface area contributed by atoms with E-state index >= 15 is 0 Å². The molecule has 0 fully saturated rings. The standard InChI is InChI=1S/C15H19N3O/c1-12(16)14-7-8-18(10-14)11-15(19)17-9-13-5-3-2-4-6-13/h2-8,10,12H,9,11,16H2,1H3,(H,17,19). The minimum absolute atomic E-state index is 0.00400. The molecule has 2 aromatic rings. The van der Waals surface area contributed by atoms with E-state index in [9.17, 15) is 4.79 Å². The van der Waals surface area contributed by atoms with Gasteiger partial charge in [0.1, 0.15) is 6.54 Å². The van der Waals surface area contributed by atoms with Crippen LogP contribution in [0.2, 0.25) is 0 Å². The first-order chi connectivity index (χ1) is 9.15. The molecule has 0 saturated heterocycles. The van der Waals surface area contributed by atoms with Crippen LogP contribution in [0.5, 0.6) is 0 Å². The molecule has 0 spiro atoms. The Morgan fingerprint density at radius 1 is 1.32 bits per heavy atom. The summed E-state index contributed by atoms with van der Waals surface area (Å²) < 4.78 is 1.85. The Morgan fingerprint density at radius 3 is 2.68 bits per heavy atom. The molecular weight excluding hydrogens is 238 g/mol. The minimum Gasteiger partial charge on any atom is -0.350 e. The molecule has 19 heavy (non-hydrogen) atoms. The van der Waals surface area contributed by atoms with Crippen molar-refractivity contribution < 1.29 is 4.79 Å². The second-order valence-corrected chi connectivity index (χ2v) is 4.67. The molecule has 100 valence electrons. The summed E-state index contributed by atoms with van der Waals surface area (Å²) in [6.07, 6.45) is 3.79. The van der Waals surface area contributed by atoms with Crippen molar-refractivity contribution in [2.75, 3.05) is 0 Å². The Kier molecular flexibility index (Phi) is 4.36. The van der Waals surface area contributed by atoms with E-state index in [0.29, 0.717) is 13.1 Å². The van der Waals surface area contributed by atoms with E-state index in [0.717, 1.165) is 11.1 Å². The zero-order valence-corrected chi connectivity index (χ0v) is 11.0. The average molecular weight is 257 g/mol. The molecule has 2 rings (SSSR count). The highest BCUT2D eigenvalue weighted by Gasteiger charge is 2.05. The molecule has 1 aromatic heterocycles. The van der Waals surface area contributed by atoms with Crippen LogP contribution in [-0.4, -0.2) is 10.5 Å². The third kappa shape index (κ3) is 3.96. The lowest BCUT2D eigenvalue weighted by Crippen LogP contribution is -2.26. The lowest BCUT2D eigenvalue weighted by atomic mass is 10.2. The second-order valence-electron chi connectivity index (χ2n) is 4.67. The van der Waals surface area contributed by atoms with Crippen LogP contribution >= 0.6 is 0 Å². The second kappa shape index (κ2) is 6.20. The van der Waals surface area contributed by atoms with Crippen LogP contribution in [0.1, 0.15) is 24.1 Å². The zero-order valence-electron chi connectivity index (χ0n) is 11.0. The van der Waals surface area contributed by atoms with E-state index in [1.54, 1.807) is 0 Å². The van der Waals surface area contributed by atoms with Crippen LogP contribution in [0.25, 0.3) is 0 Å². The molecule has 3 N–H and O–H groups in total. The molecule has 4 nitrogen and oxygen atoms in total. The van der Waals surface area contributed by atoms with Gasteiger partial charge in [-0.05, 0) is 24.1 Å². The normalized spacial score (nSPS) is 12.1. The summed E-state index contributed by atoms with van der Waals surface area (Å²) in [4.78, 5) is 11.8. The number of nitrogens with zero attached hydrogens (tertiary/aromatic N) is 1. The number of rotatable bonds is 5. The fraction of sp³-hybridized carbons (Fsp3) is 0.267. The predicted octanol–water partition coefficient (Wildman–Crippen LogP) is 1.82. The van der Waals surface area contributed by atoms with Gasteiger partial charge in [-0.15, -0.1) is 0 Å². The highest BCUT2D eigenvalue weighted by molar-refractivity contribution is 5.75. The number of hydrogen-bond acceptors (Lipinski definition) is 2. The Bertz CT molecular complexity index is 531. The fourth-order valence-electron chi connectivity index (χ4n) is 1.85. The van der Waals surface area contributed by atoms with Gasteiger partial charge in [-0.3, -0.25) is 4.79 Å². The molecule has 0 radical (unpaired) electrons. The fourth-order valence-corrected chi connectivity index (χ4v) is 1.85. The van der Waals surface area contributed by atoms with Crippen molar-refractivity contribution in [1.29, 1.82) is 0 Å². The van der Waals surface area contributed by atoms with E-state index < -0.39 is 0 Å². The van der Waals surface area contributed by atoms with Gasteiger partial charge in [0.05, 0.1) is 0 Å². The van der Waals surface area contributed by atoms with Crippen LogP contribution in [0, 0.1) is 0 Å². The van der Waals surface area contributed by atoms with E-state index in [2.05, 4.69) is 5.32 Å². The van der Waals surface area contributed by atoms with Gasteiger partial charge in [-0.2, -0.15) is 0 Å². The van der Waals surface area contributed by atoms with E-state index in [1.165, 1.54) is 0 Å². The number of hydrogen-bond donors (Lipinski definition) is 2. The van der Waals surface area contributed by atoms with Crippen LogP contribution in [0.3, 0.4) is 0 Å². The van der Waals surface area contributed by atoms with Crippen LogP contribution < -0.4 is 11.1 Å². The molecule has 0 bridgehead atoms. The number of aromatic nitrogens is 1. The monoisotopic (exact) mass is 257 g/mol. The Morgan fingerprint density at radius 2 is 2.05 bits per heavy atom. The van der Waals surface area contributed by atoms with Crippen molar-refractivity contribution in [3.63, 3.8) is 0 Å². The third-order valence-corrected chi connectivity index (χ3v) is 2.96. The van der Waals surface area contributed by atoms with E-state index in [4.69, 9.17) is 5.73 Å². The topological polar surface area (TPSA) is 60.0 Å². The highest BCUT2D eigenvalue weighted by Crippen LogP contribution is 2.09. The maximum atomic E-state index is 11.8. The summed E-state index contributed by atoms with van der Waals surface area (Å²) in [6, 6.07) is 11.8. The maximum absolute atomic E-state index is 11.8. The smallest absolute Gasteiger partial charge is 0.240 e. The number of benzene rings is 1. The van der Waals surface area contributed by atoms with Gasteiger partial charge in [0.25, 0.3) is 0 Å². The van der Waals surface area contributed by atoms with Crippen molar-refractivity contribution in [2.45, 2.75) is 26.1 Å². The molecule has 0 aliphatic carbocycles. The van der Waals surface area contributed by atoms with E-state index in [-0.39, 0.29) is 11.9 Å². The summed E-state index contributed by atoms with van der Waals surface area (Å²) in [6.45, 7) is 2.80. The molecule has 0 saturated carbocycles. The molecule has 1 unspecified atom stereocenters. The lowest BCUT2D eigenvalue weighted by molar-refractivity contribution is -0.121. The van der Waals surface area contributed by atoms with Gasteiger partial charge in [-0.1, -0.05) is 30.3 Å². The molecule has 1 heterocycles. The summed E-state index contributed by atoms with van der Waals surface area (Å²) in [5.74, 6) is -0.00400. The number of carbonyl (C=O) groups is 1. The number of carbonyl (C=O) groups excluding carboxylic acids is 1. The van der Waals surface area contributed by atoms with Crippen LogP contribution in [0.15, 0.2) is 48.8 Å². The Balaban J connectivity index is 1.84. The SMILES string of the molecule is CC(N)c1ccn(CC(=O)NCc2ccccc2)c1.